The number of piperazine rings is 1. The van der Waals surface area contributed by atoms with E-state index in [2.05, 4.69) is 24.1 Å². The second-order valence-electron chi connectivity index (χ2n) is 6.54. The topological polar surface area (TPSA) is 15.3 Å². The molecule has 0 bridgehead atoms. The Hall–Kier alpha value is -0.0800. The minimum Gasteiger partial charge on any atom is -0.311 e. The second-order valence-corrected chi connectivity index (χ2v) is 6.54. The predicted octanol–water partition coefficient (Wildman–Crippen LogP) is 3.28. The normalized spacial score (nSPS) is 28.7. The molecule has 1 aliphatic heterocycles. The van der Waals surface area contributed by atoms with Crippen LogP contribution in [0.3, 0.4) is 0 Å². The zero-order chi connectivity index (χ0) is 12.8. The third kappa shape index (κ3) is 4.24. The van der Waals surface area contributed by atoms with Gasteiger partial charge in [-0.05, 0) is 31.2 Å². The van der Waals surface area contributed by atoms with Crippen LogP contribution in [0.2, 0.25) is 0 Å². The summed E-state index contributed by atoms with van der Waals surface area (Å²) in [4.78, 5) is 2.70. The Morgan fingerprint density at radius 3 is 2.78 bits per heavy atom. The number of nitrogens with one attached hydrogen (secondary N) is 1. The molecule has 106 valence electrons. The average molecular weight is 252 g/mol. The zero-order valence-electron chi connectivity index (χ0n) is 12.5. The molecule has 1 heterocycles. The molecule has 2 unspecified atom stereocenters. The van der Waals surface area contributed by atoms with E-state index < -0.39 is 0 Å². The highest BCUT2D eigenvalue weighted by Crippen LogP contribution is 2.28. The zero-order valence-corrected chi connectivity index (χ0v) is 12.5. The lowest BCUT2D eigenvalue weighted by atomic mass is 9.96. The van der Waals surface area contributed by atoms with Crippen molar-refractivity contribution < 1.29 is 0 Å². The van der Waals surface area contributed by atoms with Crippen LogP contribution in [0.15, 0.2) is 0 Å². The van der Waals surface area contributed by atoms with Gasteiger partial charge in [-0.3, -0.25) is 0 Å². The van der Waals surface area contributed by atoms with Crippen LogP contribution in [-0.4, -0.2) is 37.1 Å². The van der Waals surface area contributed by atoms with Gasteiger partial charge in [0.2, 0.25) is 0 Å². The van der Waals surface area contributed by atoms with Crippen molar-refractivity contribution in [3.63, 3.8) is 0 Å². The number of nitrogens with zero attached hydrogens (tertiary/aromatic N) is 1. The molecule has 0 radical (unpaired) electrons. The van der Waals surface area contributed by atoms with Crippen LogP contribution in [0.25, 0.3) is 0 Å². The van der Waals surface area contributed by atoms with E-state index >= 15 is 0 Å². The molecule has 2 fully saturated rings. The third-order valence-electron chi connectivity index (χ3n) is 5.18. The van der Waals surface area contributed by atoms with Gasteiger partial charge in [-0.2, -0.15) is 0 Å². The Balaban J connectivity index is 1.62. The van der Waals surface area contributed by atoms with Crippen molar-refractivity contribution in [1.82, 2.24) is 10.2 Å². The van der Waals surface area contributed by atoms with Gasteiger partial charge in [0.25, 0.3) is 0 Å². The number of hydrogen-bond donors (Lipinski definition) is 1. The van der Waals surface area contributed by atoms with E-state index in [-0.39, 0.29) is 0 Å². The maximum absolute atomic E-state index is 3.69. The third-order valence-corrected chi connectivity index (χ3v) is 5.18. The minimum absolute atomic E-state index is 0.732. The fourth-order valence-electron chi connectivity index (χ4n) is 3.61. The molecule has 0 aromatic carbocycles. The largest absolute Gasteiger partial charge is 0.311 e. The van der Waals surface area contributed by atoms with Gasteiger partial charge in [0.05, 0.1) is 0 Å². The van der Waals surface area contributed by atoms with Gasteiger partial charge >= 0.3 is 0 Å². The quantitative estimate of drug-likeness (QED) is 0.780. The molecule has 0 spiro atoms. The lowest BCUT2D eigenvalue weighted by Gasteiger charge is -2.36. The van der Waals surface area contributed by atoms with Gasteiger partial charge in [-0.25, -0.2) is 0 Å². The first kappa shape index (κ1) is 14.3. The van der Waals surface area contributed by atoms with Crippen molar-refractivity contribution in [2.75, 3.05) is 26.2 Å². The maximum Gasteiger partial charge on any atom is 0.0221 e. The Morgan fingerprint density at radius 2 is 2.06 bits per heavy atom. The SMILES string of the molecule is CCC(C)C1CN(CCCC2CCCC2)CCN1. The van der Waals surface area contributed by atoms with Gasteiger partial charge in [0.1, 0.15) is 0 Å². The van der Waals surface area contributed by atoms with Crippen molar-refractivity contribution >= 4 is 0 Å². The van der Waals surface area contributed by atoms with E-state index in [1.165, 1.54) is 71.1 Å². The van der Waals surface area contributed by atoms with E-state index in [1.54, 1.807) is 0 Å². The van der Waals surface area contributed by atoms with Crippen LogP contribution in [0.5, 0.6) is 0 Å². The molecule has 18 heavy (non-hydrogen) atoms. The summed E-state index contributed by atoms with van der Waals surface area (Å²) in [6.45, 7) is 9.77. The average Bonchev–Trinajstić information content (AvgIpc) is 2.91. The summed E-state index contributed by atoms with van der Waals surface area (Å²) in [5.41, 5.74) is 0. The molecule has 1 aliphatic carbocycles. The summed E-state index contributed by atoms with van der Waals surface area (Å²) >= 11 is 0. The second kappa shape index (κ2) is 7.49. The highest BCUT2D eigenvalue weighted by atomic mass is 15.2. The van der Waals surface area contributed by atoms with Crippen LogP contribution >= 0.6 is 0 Å². The van der Waals surface area contributed by atoms with Gasteiger partial charge in [0, 0.05) is 25.7 Å². The summed E-state index contributed by atoms with van der Waals surface area (Å²) in [6, 6.07) is 0.732. The van der Waals surface area contributed by atoms with Gasteiger partial charge in [-0.1, -0.05) is 46.0 Å². The van der Waals surface area contributed by atoms with Crippen LogP contribution in [0, 0.1) is 11.8 Å². The molecule has 0 amide bonds. The molecule has 2 aliphatic rings. The molecular weight excluding hydrogens is 220 g/mol. The molecule has 2 rings (SSSR count). The molecule has 0 aromatic heterocycles. The summed E-state index contributed by atoms with van der Waals surface area (Å²) in [5.74, 6) is 1.89. The summed E-state index contributed by atoms with van der Waals surface area (Å²) in [6.07, 6.45) is 10.2. The molecule has 1 saturated heterocycles. The van der Waals surface area contributed by atoms with Crippen molar-refractivity contribution in [3.05, 3.63) is 0 Å². The lowest BCUT2D eigenvalue weighted by Crippen LogP contribution is -2.53. The Bertz CT molecular complexity index is 223. The molecule has 2 atom stereocenters. The van der Waals surface area contributed by atoms with E-state index in [9.17, 15) is 0 Å². The Labute approximate surface area is 114 Å². The summed E-state index contributed by atoms with van der Waals surface area (Å²) in [7, 11) is 0. The molecule has 2 nitrogen and oxygen atoms in total. The fraction of sp³-hybridized carbons (Fsp3) is 1.00. The highest BCUT2D eigenvalue weighted by molar-refractivity contribution is 4.82. The predicted molar refractivity (Wildman–Crippen MR) is 78.9 cm³/mol. The van der Waals surface area contributed by atoms with Crippen molar-refractivity contribution in [1.29, 1.82) is 0 Å². The minimum atomic E-state index is 0.732. The lowest BCUT2D eigenvalue weighted by molar-refractivity contribution is 0.164. The first-order chi connectivity index (χ1) is 8.79. The molecular formula is C16H32N2. The van der Waals surface area contributed by atoms with E-state index in [1.807, 2.05) is 0 Å². The van der Waals surface area contributed by atoms with Crippen molar-refractivity contribution in [3.8, 4) is 0 Å². The highest BCUT2D eigenvalue weighted by Gasteiger charge is 2.23. The summed E-state index contributed by atoms with van der Waals surface area (Å²) < 4.78 is 0. The Morgan fingerprint density at radius 1 is 1.28 bits per heavy atom. The Kier molecular flexibility index (Phi) is 5.97. The van der Waals surface area contributed by atoms with Crippen LogP contribution in [-0.2, 0) is 0 Å². The van der Waals surface area contributed by atoms with Crippen LogP contribution in [0.1, 0.15) is 58.8 Å². The molecule has 0 aromatic rings. The fourth-order valence-corrected chi connectivity index (χ4v) is 3.61. The van der Waals surface area contributed by atoms with E-state index in [0.717, 1.165) is 17.9 Å². The smallest absolute Gasteiger partial charge is 0.0221 e. The van der Waals surface area contributed by atoms with Crippen LogP contribution in [0.4, 0.5) is 0 Å². The first-order valence-electron chi connectivity index (χ1n) is 8.25. The van der Waals surface area contributed by atoms with Crippen molar-refractivity contribution in [2.45, 2.75) is 64.8 Å². The molecule has 1 N–H and O–H groups in total. The first-order valence-corrected chi connectivity index (χ1v) is 8.25. The van der Waals surface area contributed by atoms with Gasteiger partial charge in [-0.15, -0.1) is 0 Å². The molecule has 1 saturated carbocycles. The number of rotatable bonds is 6. The van der Waals surface area contributed by atoms with Gasteiger partial charge < -0.3 is 10.2 Å². The van der Waals surface area contributed by atoms with Crippen LogP contribution < -0.4 is 5.32 Å². The number of hydrogen-bond acceptors (Lipinski definition) is 2. The van der Waals surface area contributed by atoms with E-state index in [4.69, 9.17) is 0 Å². The van der Waals surface area contributed by atoms with Gasteiger partial charge in [0.15, 0.2) is 0 Å². The maximum atomic E-state index is 3.69. The molecule has 2 heteroatoms. The van der Waals surface area contributed by atoms with E-state index in [0.29, 0.717) is 0 Å². The van der Waals surface area contributed by atoms with Crippen molar-refractivity contribution in [2.24, 2.45) is 11.8 Å². The summed E-state index contributed by atoms with van der Waals surface area (Å²) in [5, 5.41) is 3.69. The monoisotopic (exact) mass is 252 g/mol. The standard InChI is InChI=1S/C16H32N2/c1-3-14(2)16-13-18(12-10-17-16)11-6-9-15-7-4-5-8-15/h14-17H,3-13H2,1-2H3.